The SMILES string of the molecule is CCc1cc(=O)oc2c(C)c(OCc3c(F)cccc3Cl)ccc12. The van der Waals surface area contributed by atoms with E-state index in [-0.39, 0.29) is 6.61 Å². The summed E-state index contributed by atoms with van der Waals surface area (Å²) in [4.78, 5) is 11.7. The lowest BCUT2D eigenvalue weighted by Gasteiger charge is -2.13. The van der Waals surface area contributed by atoms with E-state index in [0.717, 1.165) is 17.4 Å². The Labute approximate surface area is 143 Å². The Hall–Kier alpha value is -2.33. The fraction of sp³-hybridized carbons (Fsp3) is 0.211. The number of hydrogen-bond acceptors (Lipinski definition) is 3. The summed E-state index contributed by atoms with van der Waals surface area (Å²) in [5.74, 6) is 0.110. The third-order valence-corrected chi connectivity index (χ3v) is 4.37. The molecule has 1 aromatic heterocycles. The van der Waals surface area contributed by atoms with Crippen LogP contribution in [0.3, 0.4) is 0 Å². The quantitative estimate of drug-likeness (QED) is 0.621. The molecule has 24 heavy (non-hydrogen) atoms. The molecule has 0 saturated carbocycles. The first kappa shape index (κ1) is 16.5. The molecule has 0 saturated heterocycles. The van der Waals surface area contributed by atoms with Crippen LogP contribution in [-0.4, -0.2) is 0 Å². The summed E-state index contributed by atoms with van der Waals surface area (Å²) in [6.45, 7) is 3.78. The van der Waals surface area contributed by atoms with E-state index in [1.54, 1.807) is 18.2 Å². The molecule has 2 aromatic carbocycles. The van der Waals surface area contributed by atoms with E-state index >= 15 is 0 Å². The molecule has 3 nitrogen and oxygen atoms in total. The van der Waals surface area contributed by atoms with E-state index in [4.69, 9.17) is 20.8 Å². The Balaban J connectivity index is 1.99. The maximum Gasteiger partial charge on any atom is 0.336 e. The van der Waals surface area contributed by atoms with Gasteiger partial charge in [0, 0.05) is 22.6 Å². The van der Waals surface area contributed by atoms with Gasteiger partial charge in [-0.3, -0.25) is 0 Å². The third kappa shape index (κ3) is 3.02. The minimum atomic E-state index is -0.416. The average Bonchev–Trinajstić information content (AvgIpc) is 2.56. The molecule has 0 aliphatic carbocycles. The van der Waals surface area contributed by atoms with Gasteiger partial charge in [-0.2, -0.15) is 0 Å². The van der Waals surface area contributed by atoms with Gasteiger partial charge in [0.15, 0.2) is 0 Å². The number of benzene rings is 2. The van der Waals surface area contributed by atoms with Crippen LogP contribution in [0.5, 0.6) is 5.75 Å². The van der Waals surface area contributed by atoms with E-state index < -0.39 is 11.4 Å². The van der Waals surface area contributed by atoms with Crippen LogP contribution in [0.4, 0.5) is 4.39 Å². The monoisotopic (exact) mass is 346 g/mol. The number of rotatable bonds is 4. The molecule has 124 valence electrons. The van der Waals surface area contributed by atoms with Crippen molar-refractivity contribution in [3.05, 3.63) is 74.3 Å². The lowest BCUT2D eigenvalue weighted by molar-refractivity contribution is 0.298. The Morgan fingerprint density at radius 1 is 1.25 bits per heavy atom. The molecule has 0 atom stereocenters. The molecule has 0 bridgehead atoms. The predicted octanol–water partition coefficient (Wildman–Crippen LogP) is 5.04. The van der Waals surface area contributed by atoms with Gasteiger partial charge in [0.1, 0.15) is 23.8 Å². The fourth-order valence-electron chi connectivity index (χ4n) is 2.68. The molecule has 0 amide bonds. The standard InChI is InChI=1S/C19H16ClFO3/c1-3-12-9-18(22)24-19-11(2)17(8-7-13(12)19)23-10-14-15(20)5-4-6-16(14)21/h4-9H,3,10H2,1-2H3. The van der Waals surface area contributed by atoms with Gasteiger partial charge < -0.3 is 9.15 Å². The minimum absolute atomic E-state index is 0.00441. The Morgan fingerprint density at radius 3 is 2.75 bits per heavy atom. The average molecular weight is 347 g/mol. The van der Waals surface area contributed by atoms with Crippen molar-refractivity contribution in [2.75, 3.05) is 0 Å². The number of aryl methyl sites for hydroxylation is 2. The van der Waals surface area contributed by atoms with Gasteiger partial charge in [0.2, 0.25) is 0 Å². The normalized spacial score (nSPS) is 11.0. The molecule has 3 rings (SSSR count). The summed E-state index contributed by atoms with van der Waals surface area (Å²) in [6, 6.07) is 9.65. The number of halogens is 2. The molecule has 0 aliphatic rings. The van der Waals surface area contributed by atoms with Gasteiger partial charge in [-0.25, -0.2) is 9.18 Å². The first-order valence-electron chi connectivity index (χ1n) is 7.63. The van der Waals surface area contributed by atoms with Crippen molar-refractivity contribution >= 4 is 22.6 Å². The third-order valence-electron chi connectivity index (χ3n) is 4.01. The van der Waals surface area contributed by atoms with Crippen molar-refractivity contribution in [2.45, 2.75) is 26.9 Å². The molecule has 0 fully saturated rings. The van der Waals surface area contributed by atoms with Crippen molar-refractivity contribution in [1.82, 2.24) is 0 Å². The van der Waals surface area contributed by atoms with Crippen molar-refractivity contribution in [3.63, 3.8) is 0 Å². The Bertz CT molecular complexity index is 942. The zero-order valence-corrected chi connectivity index (χ0v) is 14.1. The smallest absolute Gasteiger partial charge is 0.336 e. The summed E-state index contributed by atoms with van der Waals surface area (Å²) >= 11 is 6.01. The van der Waals surface area contributed by atoms with Crippen LogP contribution in [0.1, 0.15) is 23.6 Å². The first-order chi connectivity index (χ1) is 11.5. The molecule has 0 N–H and O–H groups in total. The maximum absolute atomic E-state index is 13.8. The van der Waals surface area contributed by atoms with Crippen molar-refractivity contribution in [1.29, 1.82) is 0 Å². The molecule has 0 spiro atoms. The lowest BCUT2D eigenvalue weighted by Crippen LogP contribution is -2.03. The highest BCUT2D eigenvalue weighted by Crippen LogP contribution is 2.30. The van der Waals surface area contributed by atoms with E-state index in [2.05, 4.69) is 0 Å². The molecule has 0 radical (unpaired) electrons. The second-order valence-corrected chi connectivity index (χ2v) is 5.91. The van der Waals surface area contributed by atoms with Gasteiger partial charge in [-0.05, 0) is 43.2 Å². The zero-order chi connectivity index (χ0) is 17.3. The second kappa shape index (κ2) is 6.65. The maximum atomic E-state index is 13.8. The number of ether oxygens (including phenoxy) is 1. The van der Waals surface area contributed by atoms with E-state index in [0.29, 0.717) is 27.5 Å². The van der Waals surface area contributed by atoms with Gasteiger partial charge >= 0.3 is 5.63 Å². The van der Waals surface area contributed by atoms with Crippen LogP contribution < -0.4 is 10.4 Å². The van der Waals surface area contributed by atoms with Gasteiger partial charge in [0.05, 0.1) is 5.02 Å². The predicted molar refractivity (Wildman–Crippen MR) is 92.3 cm³/mol. The largest absolute Gasteiger partial charge is 0.488 e. The molecular weight excluding hydrogens is 331 g/mol. The highest BCUT2D eigenvalue weighted by molar-refractivity contribution is 6.31. The van der Waals surface area contributed by atoms with E-state index in [1.165, 1.54) is 12.1 Å². The first-order valence-corrected chi connectivity index (χ1v) is 8.01. The van der Waals surface area contributed by atoms with Crippen LogP contribution in [0.2, 0.25) is 5.02 Å². The summed E-state index contributed by atoms with van der Waals surface area (Å²) < 4.78 is 24.9. The summed E-state index contributed by atoms with van der Waals surface area (Å²) in [6.07, 6.45) is 0.729. The van der Waals surface area contributed by atoms with Crippen molar-refractivity contribution < 1.29 is 13.5 Å². The number of hydrogen-bond donors (Lipinski definition) is 0. The van der Waals surface area contributed by atoms with Crippen LogP contribution in [0.15, 0.2) is 45.6 Å². The lowest BCUT2D eigenvalue weighted by atomic mass is 10.0. The summed E-state index contributed by atoms with van der Waals surface area (Å²) in [7, 11) is 0. The zero-order valence-electron chi connectivity index (χ0n) is 13.4. The Morgan fingerprint density at radius 2 is 2.04 bits per heavy atom. The Kier molecular flexibility index (Phi) is 4.58. The molecule has 0 unspecified atom stereocenters. The summed E-state index contributed by atoms with van der Waals surface area (Å²) in [5.41, 5.74) is 2.02. The topological polar surface area (TPSA) is 39.4 Å². The van der Waals surface area contributed by atoms with Crippen molar-refractivity contribution in [3.8, 4) is 5.75 Å². The molecule has 0 aliphatic heterocycles. The molecule has 1 heterocycles. The summed E-state index contributed by atoms with van der Waals surface area (Å²) in [5, 5.41) is 1.19. The van der Waals surface area contributed by atoms with Gasteiger partial charge in [0.25, 0.3) is 0 Å². The second-order valence-electron chi connectivity index (χ2n) is 5.50. The highest BCUT2D eigenvalue weighted by atomic mass is 35.5. The highest BCUT2D eigenvalue weighted by Gasteiger charge is 2.13. The minimum Gasteiger partial charge on any atom is -0.488 e. The van der Waals surface area contributed by atoms with E-state index in [9.17, 15) is 9.18 Å². The van der Waals surface area contributed by atoms with Gasteiger partial charge in [-0.1, -0.05) is 24.6 Å². The molecule has 5 heteroatoms. The fourth-order valence-corrected chi connectivity index (χ4v) is 2.89. The van der Waals surface area contributed by atoms with E-state index in [1.807, 2.05) is 19.9 Å². The van der Waals surface area contributed by atoms with Crippen LogP contribution >= 0.6 is 11.6 Å². The number of fused-ring (bicyclic) bond motifs is 1. The molecule has 3 aromatic rings. The van der Waals surface area contributed by atoms with Crippen LogP contribution in [0, 0.1) is 12.7 Å². The van der Waals surface area contributed by atoms with Gasteiger partial charge in [-0.15, -0.1) is 0 Å². The van der Waals surface area contributed by atoms with Crippen molar-refractivity contribution in [2.24, 2.45) is 0 Å². The van der Waals surface area contributed by atoms with Crippen LogP contribution in [-0.2, 0) is 13.0 Å². The molecular formula is C19H16ClFO3. The van der Waals surface area contributed by atoms with Crippen LogP contribution in [0.25, 0.3) is 11.0 Å².